The molecular weight excluding hydrogens is 226 g/mol. The van der Waals surface area contributed by atoms with E-state index in [1.807, 2.05) is 6.92 Å². The number of sulfonamides is 1. The topological polar surface area (TPSA) is 55.4 Å². The van der Waals surface area contributed by atoms with Gasteiger partial charge < -0.3 is 4.74 Å². The Kier molecular flexibility index (Phi) is 4.32. The summed E-state index contributed by atoms with van der Waals surface area (Å²) in [6, 6.07) is 7.09. The van der Waals surface area contributed by atoms with Crippen LogP contribution in [0.3, 0.4) is 0 Å². The molecule has 0 heterocycles. The molecule has 0 aliphatic heterocycles. The van der Waals surface area contributed by atoms with Gasteiger partial charge in [0.05, 0.1) is 11.9 Å². The summed E-state index contributed by atoms with van der Waals surface area (Å²) in [6.07, 6.45) is 0. The van der Waals surface area contributed by atoms with E-state index in [9.17, 15) is 8.42 Å². The zero-order valence-corrected chi connectivity index (χ0v) is 10.5. The number of ether oxygens (including phenoxy) is 1. The average molecular weight is 243 g/mol. The summed E-state index contributed by atoms with van der Waals surface area (Å²) in [6.45, 7) is 4.16. The normalized spacial score (nSPS) is 13.4. The van der Waals surface area contributed by atoms with Gasteiger partial charge in [-0.3, -0.25) is 0 Å². The molecule has 0 saturated heterocycles. The van der Waals surface area contributed by atoms with Crippen LogP contribution in [0.25, 0.3) is 0 Å². The summed E-state index contributed by atoms with van der Waals surface area (Å²) in [5, 5.41) is -0.562. The number of hydrogen-bond donors (Lipinski definition) is 1. The second-order valence-corrected chi connectivity index (χ2v) is 5.60. The Morgan fingerprint density at radius 2 is 1.88 bits per heavy atom. The lowest BCUT2D eigenvalue weighted by Crippen LogP contribution is -2.23. The molecule has 0 aliphatic rings. The molecule has 1 rings (SSSR count). The van der Waals surface area contributed by atoms with Crippen molar-refractivity contribution in [2.45, 2.75) is 19.1 Å². The number of benzene rings is 1. The molecule has 0 saturated carbocycles. The minimum atomic E-state index is -3.27. The molecule has 0 aromatic heterocycles. The summed E-state index contributed by atoms with van der Waals surface area (Å²) < 4.78 is 30.7. The van der Waals surface area contributed by atoms with Crippen molar-refractivity contribution in [1.29, 1.82) is 0 Å². The summed E-state index contributed by atoms with van der Waals surface area (Å²) in [5.74, 6) is 0.750. The number of rotatable bonds is 5. The summed E-state index contributed by atoms with van der Waals surface area (Å²) >= 11 is 0. The quantitative estimate of drug-likeness (QED) is 0.856. The molecule has 1 unspecified atom stereocenters. The van der Waals surface area contributed by atoms with E-state index in [0.717, 1.165) is 11.3 Å². The van der Waals surface area contributed by atoms with Gasteiger partial charge in [0.15, 0.2) is 0 Å². The van der Waals surface area contributed by atoms with E-state index in [1.165, 1.54) is 7.05 Å². The first kappa shape index (κ1) is 13.0. The van der Waals surface area contributed by atoms with Crippen LogP contribution in [0.15, 0.2) is 24.3 Å². The third-order valence-electron chi connectivity index (χ3n) is 2.41. The highest BCUT2D eigenvalue weighted by Gasteiger charge is 2.20. The highest BCUT2D eigenvalue weighted by atomic mass is 32.2. The zero-order chi connectivity index (χ0) is 12.2. The Morgan fingerprint density at radius 3 is 2.31 bits per heavy atom. The van der Waals surface area contributed by atoms with Gasteiger partial charge in [-0.05, 0) is 38.6 Å². The van der Waals surface area contributed by atoms with Crippen molar-refractivity contribution in [1.82, 2.24) is 4.72 Å². The van der Waals surface area contributed by atoms with Crippen LogP contribution in [0, 0.1) is 0 Å². The van der Waals surface area contributed by atoms with Crippen molar-refractivity contribution in [3.63, 3.8) is 0 Å². The van der Waals surface area contributed by atoms with Crippen LogP contribution in [0.1, 0.15) is 24.7 Å². The largest absolute Gasteiger partial charge is 0.494 e. The fourth-order valence-corrected chi connectivity index (χ4v) is 2.23. The monoisotopic (exact) mass is 243 g/mol. The van der Waals surface area contributed by atoms with Crippen LogP contribution >= 0.6 is 0 Å². The van der Waals surface area contributed by atoms with E-state index >= 15 is 0 Å². The van der Waals surface area contributed by atoms with Crippen molar-refractivity contribution in [3.8, 4) is 5.75 Å². The van der Waals surface area contributed by atoms with E-state index in [1.54, 1.807) is 31.2 Å². The molecule has 0 amide bonds. The highest BCUT2D eigenvalue weighted by Crippen LogP contribution is 2.22. The van der Waals surface area contributed by atoms with Gasteiger partial charge in [-0.25, -0.2) is 13.1 Å². The number of nitrogens with one attached hydrogen (secondary N) is 1. The molecule has 4 nitrogen and oxygen atoms in total. The molecule has 0 aliphatic carbocycles. The van der Waals surface area contributed by atoms with Crippen LogP contribution in [-0.2, 0) is 10.0 Å². The van der Waals surface area contributed by atoms with E-state index in [2.05, 4.69) is 4.72 Å². The van der Waals surface area contributed by atoms with Crippen molar-refractivity contribution in [2.75, 3.05) is 13.7 Å². The van der Waals surface area contributed by atoms with Crippen molar-refractivity contribution < 1.29 is 13.2 Å². The predicted octanol–water partition coefficient (Wildman–Crippen LogP) is 1.70. The van der Waals surface area contributed by atoms with Gasteiger partial charge in [-0.2, -0.15) is 0 Å². The van der Waals surface area contributed by atoms with E-state index in [0.29, 0.717) is 6.61 Å². The van der Waals surface area contributed by atoms with E-state index < -0.39 is 15.3 Å². The summed E-state index contributed by atoms with van der Waals surface area (Å²) in [7, 11) is -1.85. The summed E-state index contributed by atoms with van der Waals surface area (Å²) in [5.41, 5.74) is 0.748. The minimum absolute atomic E-state index is 0.562. The van der Waals surface area contributed by atoms with Crippen molar-refractivity contribution in [3.05, 3.63) is 29.8 Å². The molecule has 16 heavy (non-hydrogen) atoms. The van der Waals surface area contributed by atoms with Gasteiger partial charge in [0.25, 0.3) is 0 Å². The summed E-state index contributed by atoms with van der Waals surface area (Å²) in [4.78, 5) is 0. The van der Waals surface area contributed by atoms with Gasteiger partial charge in [0, 0.05) is 0 Å². The van der Waals surface area contributed by atoms with Crippen molar-refractivity contribution >= 4 is 10.0 Å². The molecule has 1 N–H and O–H groups in total. The third kappa shape index (κ3) is 2.96. The van der Waals surface area contributed by atoms with Gasteiger partial charge in [0.1, 0.15) is 5.75 Å². The van der Waals surface area contributed by atoms with E-state index in [4.69, 9.17) is 4.74 Å². The molecule has 0 fully saturated rings. The lowest BCUT2D eigenvalue weighted by Gasteiger charge is -2.12. The first-order valence-electron chi connectivity index (χ1n) is 5.16. The Hall–Kier alpha value is -1.07. The maximum atomic E-state index is 11.6. The molecule has 0 spiro atoms. The molecule has 0 bridgehead atoms. The minimum Gasteiger partial charge on any atom is -0.494 e. The van der Waals surface area contributed by atoms with Gasteiger partial charge in [0.2, 0.25) is 10.0 Å². The maximum absolute atomic E-state index is 11.6. The van der Waals surface area contributed by atoms with E-state index in [-0.39, 0.29) is 0 Å². The van der Waals surface area contributed by atoms with Crippen molar-refractivity contribution in [2.24, 2.45) is 0 Å². The van der Waals surface area contributed by atoms with Crippen LogP contribution in [-0.4, -0.2) is 22.1 Å². The first-order chi connectivity index (χ1) is 7.51. The molecule has 1 aromatic carbocycles. The van der Waals surface area contributed by atoms with Crippen LogP contribution in [0.5, 0.6) is 5.75 Å². The predicted molar refractivity (Wildman–Crippen MR) is 64.0 cm³/mol. The fourth-order valence-electron chi connectivity index (χ4n) is 1.36. The fraction of sp³-hybridized carbons (Fsp3) is 0.455. The number of hydrogen-bond acceptors (Lipinski definition) is 3. The molecule has 1 aromatic rings. The molecule has 90 valence electrons. The second kappa shape index (κ2) is 5.32. The molecule has 1 atom stereocenters. The zero-order valence-electron chi connectivity index (χ0n) is 9.73. The molecular formula is C11H17NO3S. The van der Waals surface area contributed by atoms with Gasteiger partial charge in [-0.1, -0.05) is 12.1 Å². The second-order valence-electron chi connectivity index (χ2n) is 3.39. The van der Waals surface area contributed by atoms with Gasteiger partial charge in [-0.15, -0.1) is 0 Å². The molecule has 0 radical (unpaired) electrons. The highest BCUT2D eigenvalue weighted by molar-refractivity contribution is 7.89. The maximum Gasteiger partial charge on any atom is 0.218 e. The molecule has 5 heteroatoms. The lowest BCUT2D eigenvalue weighted by molar-refractivity contribution is 0.340. The standard InChI is InChI=1S/C11H17NO3S/c1-4-15-11-7-5-10(6-8-11)9(2)16(13,14)12-3/h5-9,12H,4H2,1-3H3. The van der Waals surface area contributed by atoms with Gasteiger partial charge >= 0.3 is 0 Å². The lowest BCUT2D eigenvalue weighted by atomic mass is 10.1. The van der Waals surface area contributed by atoms with Crippen LogP contribution in [0.4, 0.5) is 0 Å². The Labute approximate surface area is 96.7 Å². The Morgan fingerprint density at radius 1 is 1.31 bits per heavy atom. The third-order valence-corrected chi connectivity index (χ3v) is 4.18. The van der Waals surface area contributed by atoms with Crippen LogP contribution < -0.4 is 9.46 Å². The smallest absolute Gasteiger partial charge is 0.218 e. The average Bonchev–Trinajstić information content (AvgIpc) is 2.29. The Bertz CT molecular complexity index is 425. The first-order valence-corrected chi connectivity index (χ1v) is 6.71. The SMILES string of the molecule is CCOc1ccc(C(C)S(=O)(=O)NC)cc1. The van der Waals surface area contributed by atoms with Crippen LogP contribution in [0.2, 0.25) is 0 Å². The Balaban J connectivity index is 2.90.